The molecule has 0 spiro atoms. The van der Waals surface area contributed by atoms with Crippen molar-refractivity contribution < 1.29 is 4.79 Å². The molecule has 0 bridgehead atoms. The van der Waals surface area contributed by atoms with E-state index >= 15 is 0 Å². The fraction of sp³-hybridized carbons (Fsp3) is 0.154. The summed E-state index contributed by atoms with van der Waals surface area (Å²) in [6.45, 7) is 4.13. The number of aryl methyl sites for hydroxylation is 2. The van der Waals surface area contributed by atoms with Crippen molar-refractivity contribution in [2.75, 3.05) is 11.1 Å². The molecule has 1 N–H and O–H groups in total. The third-order valence-corrected chi connectivity index (χ3v) is 6.08. The van der Waals surface area contributed by atoms with E-state index in [-0.39, 0.29) is 11.7 Å². The molecule has 7 heteroatoms. The van der Waals surface area contributed by atoms with Gasteiger partial charge in [0.15, 0.2) is 5.16 Å². The third kappa shape index (κ3) is 5.30. The molecule has 0 atom stereocenters. The molecule has 4 aromatic rings. The highest BCUT2D eigenvalue weighted by Crippen LogP contribution is 2.26. The second-order valence-electron chi connectivity index (χ2n) is 7.68. The van der Waals surface area contributed by atoms with Gasteiger partial charge in [0.25, 0.3) is 0 Å². The van der Waals surface area contributed by atoms with Gasteiger partial charge in [-0.25, -0.2) is 0 Å². The Bertz CT molecular complexity index is 1320. The van der Waals surface area contributed by atoms with Crippen LogP contribution < -0.4 is 5.32 Å². The Kier molecular flexibility index (Phi) is 6.86. The Morgan fingerprint density at radius 2 is 1.79 bits per heavy atom. The molecular weight excluding hydrogens is 430 g/mol. The van der Waals surface area contributed by atoms with Gasteiger partial charge in [-0.3, -0.25) is 9.36 Å². The normalized spacial score (nSPS) is 10.6. The van der Waals surface area contributed by atoms with Crippen molar-refractivity contribution in [2.45, 2.75) is 25.4 Å². The number of rotatable bonds is 7. The molecule has 33 heavy (non-hydrogen) atoms. The van der Waals surface area contributed by atoms with E-state index in [1.807, 2.05) is 22.8 Å². The fourth-order valence-electron chi connectivity index (χ4n) is 3.59. The number of carbonyl (C=O) groups excluding carboxylic acids is 1. The summed E-state index contributed by atoms with van der Waals surface area (Å²) in [7, 11) is 0. The first kappa shape index (κ1) is 22.3. The largest absolute Gasteiger partial charge is 0.324 e. The van der Waals surface area contributed by atoms with E-state index in [9.17, 15) is 10.1 Å². The molecule has 164 valence electrons. The van der Waals surface area contributed by atoms with Gasteiger partial charge in [0.05, 0.1) is 22.7 Å². The lowest BCUT2D eigenvalue weighted by atomic mass is 10.1. The lowest BCUT2D eigenvalue weighted by Gasteiger charge is -2.14. The average molecular weight is 454 g/mol. The number of carbonyl (C=O) groups is 1. The van der Waals surface area contributed by atoms with E-state index in [0.29, 0.717) is 22.8 Å². The van der Waals surface area contributed by atoms with Crippen LogP contribution in [0.2, 0.25) is 0 Å². The van der Waals surface area contributed by atoms with E-state index in [0.717, 1.165) is 22.6 Å². The van der Waals surface area contributed by atoms with Gasteiger partial charge < -0.3 is 5.32 Å². The maximum Gasteiger partial charge on any atom is 0.234 e. The van der Waals surface area contributed by atoms with Crippen molar-refractivity contribution in [3.63, 3.8) is 0 Å². The van der Waals surface area contributed by atoms with Gasteiger partial charge in [0.2, 0.25) is 5.91 Å². The van der Waals surface area contributed by atoms with Gasteiger partial charge in [0.1, 0.15) is 11.9 Å². The number of para-hydroxylation sites is 1. The van der Waals surface area contributed by atoms with Crippen LogP contribution in [0.25, 0.3) is 5.69 Å². The lowest BCUT2D eigenvalue weighted by molar-refractivity contribution is -0.113. The summed E-state index contributed by atoms with van der Waals surface area (Å²) >= 11 is 1.32. The number of anilines is 1. The number of nitriles is 1. The van der Waals surface area contributed by atoms with Crippen LogP contribution >= 0.6 is 11.8 Å². The number of benzene rings is 3. The highest BCUT2D eigenvalue weighted by atomic mass is 32.2. The van der Waals surface area contributed by atoms with Gasteiger partial charge in [-0.15, -0.1) is 10.2 Å². The molecule has 0 radical (unpaired) electrons. The number of thioether (sulfide) groups is 1. The molecule has 4 rings (SSSR count). The van der Waals surface area contributed by atoms with Gasteiger partial charge in [-0.2, -0.15) is 5.26 Å². The van der Waals surface area contributed by atoms with Crippen LogP contribution in [-0.4, -0.2) is 26.4 Å². The first-order chi connectivity index (χ1) is 16.0. The topological polar surface area (TPSA) is 83.6 Å². The highest BCUT2D eigenvalue weighted by Gasteiger charge is 2.18. The van der Waals surface area contributed by atoms with Gasteiger partial charge in [0, 0.05) is 6.42 Å². The summed E-state index contributed by atoms with van der Waals surface area (Å²) in [5.41, 5.74) is 5.36. The van der Waals surface area contributed by atoms with Crippen molar-refractivity contribution in [1.82, 2.24) is 14.8 Å². The SMILES string of the molecule is Cc1ccc(-n2c(Cc3ccccc3)nnc2SCC(=O)Nc2ccccc2C#N)c(C)c1. The minimum Gasteiger partial charge on any atom is -0.324 e. The van der Waals surface area contributed by atoms with Crippen LogP contribution in [0.15, 0.2) is 78.0 Å². The molecule has 1 heterocycles. The molecule has 0 saturated carbocycles. The Hall–Kier alpha value is -3.89. The van der Waals surface area contributed by atoms with Crippen molar-refractivity contribution >= 4 is 23.4 Å². The second-order valence-corrected chi connectivity index (χ2v) is 8.62. The summed E-state index contributed by atoms with van der Waals surface area (Å²) < 4.78 is 2.03. The van der Waals surface area contributed by atoms with Gasteiger partial charge >= 0.3 is 0 Å². The molecule has 0 aliphatic heterocycles. The van der Waals surface area contributed by atoms with Gasteiger partial charge in [-0.1, -0.05) is 71.9 Å². The Balaban J connectivity index is 1.60. The minimum atomic E-state index is -0.206. The van der Waals surface area contributed by atoms with E-state index in [4.69, 9.17) is 0 Å². The van der Waals surface area contributed by atoms with E-state index in [1.54, 1.807) is 24.3 Å². The van der Waals surface area contributed by atoms with Crippen LogP contribution in [0.5, 0.6) is 0 Å². The van der Waals surface area contributed by atoms with E-state index in [1.165, 1.54) is 17.3 Å². The third-order valence-electron chi connectivity index (χ3n) is 5.15. The predicted molar refractivity (Wildman–Crippen MR) is 131 cm³/mol. The number of hydrogen-bond acceptors (Lipinski definition) is 5. The minimum absolute atomic E-state index is 0.147. The molecule has 0 saturated heterocycles. The van der Waals surface area contributed by atoms with Gasteiger partial charge in [-0.05, 0) is 43.2 Å². The standard InChI is InChI=1S/C26H23N5OS/c1-18-12-13-23(19(2)14-18)31-24(15-20-8-4-3-5-9-20)29-30-26(31)33-17-25(32)28-22-11-7-6-10-21(22)16-27/h3-14H,15,17H2,1-2H3,(H,28,32). The number of nitrogens with zero attached hydrogens (tertiary/aromatic N) is 4. The molecule has 0 aliphatic carbocycles. The first-order valence-electron chi connectivity index (χ1n) is 10.5. The molecule has 3 aromatic carbocycles. The van der Waals surface area contributed by atoms with Crippen molar-refractivity contribution in [3.05, 3.63) is 101 Å². The average Bonchev–Trinajstić information content (AvgIpc) is 3.21. The predicted octanol–water partition coefficient (Wildman–Crippen LogP) is 5.08. The molecule has 6 nitrogen and oxygen atoms in total. The van der Waals surface area contributed by atoms with Crippen molar-refractivity contribution in [1.29, 1.82) is 5.26 Å². The maximum atomic E-state index is 12.6. The molecular formula is C26H23N5OS. The zero-order valence-electron chi connectivity index (χ0n) is 18.4. The smallest absolute Gasteiger partial charge is 0.234 e. The lowest BCUT2D eigenvalue weighted by Crippen LogP contribution is -2.15. The quantitative estimate of drug-likeness (QED) is 0.395. The maximum absolute atomic E-state index is 12.6. The monoisotopic (exact) mass is 453 g/mol. The summed E-state index contributed by atoms with van der Waals surface area (Å²) in [6.07, 6.45) is 0.628. The second kappa shape index (κ2) is 10.2. The number of amides is 1. The zero-order valence-corrected chi connectivity index (χ0v) is 19.3. The zero-order chi connectivity index (χ0) is 23.2. The number of hydrogen-bond donors (Lipinski definition) is 1. The molecule has 1 aromatic heterocycles. The van der Waals surface area contributed by atoms with Crippen LogP contribution in [-0.2, 0) is 11.2 Å². The Morgan fingerprint density at radius 3 is 2.55 bits per heavy atom. The fourth-order valence-corrected chi connectivity index (χ4v) is 4.35. The Morgan fingerprint density at radius 1 is 1.03 bits per heavy atom. The van der Waals surface area contributed by atoms with Crippen molar-refractivity contribution in [3.8, 4) is 11.8 Å². The number of nitrogens with one attached hydrogen (secondary N) is 1. The number of aromatic nitrogens is 3. The molecule has 1 amide bonds. The summed E-state index contributed by atoms with van der Waals surface area (Å²) in [5.74, 6) is 0.752. The van der Waals surface area contributed by atoms with Crippen LogP contribution in [0.3, 0.4) is 0 Å². The summed E-state index contributed by atoms with van der Waals surface area (Å²) in [6, 6.07) is 25.4. The first-order valence-corrected chi connectivity index (χ1v) is 11.5. The summed E-state index contributed by atoms with van der Waals surface area (Å²) in [4.78, 5) is 12.6. The summed E-state index contributed by atoms with van der Waals surface area (Å²) in [5, 5.41) is 21.6. The molecule has 0 fully saturated rings. The van der Waals surface area contributed by atoms with E-state index < -0.39 is 0 Å². The Labute approximate surface area is 197 Å². The molecule has 0 aliphatic rings. The van der Waals surface area contributed by atoms with Crippen LogP contribution in [0.4, 0.5) is 5.69 Å². The van der Waals surface area contributed by atoms with E-state index in [2.05, 4.69) is 65.8 Å². The van der Waals surface area contributed by atoms with Crippen LogP contribution in [0.1, 0.15) is 28.1 Å². The van der Waals surface area contributed by atoms with Crippen LogP contribution in [0, 0.1) is 25.2 Å². The highest BCUT2D eigenvalue weighted by molar-refractivity contribution is 7.99. The molecule has 0 unspecified atom stereocenters. The van der Waals surface area contributed by atoms with Crippen molar-refractivity contribution in [2.24, 2.45) is 0 Å².